The number of unbranched alkanes of at least 4 members (excludes halogenated alkanes) is 1. The summed E-state index contributed by atoms with van der Waals surface area (Å²) in [7, 11) is 0. The van der Waals surface area contributed by atoms with E-state index in [1.165, 1.54) is 5.56 Å². The molecule has 2 atom stereocenters. The first-order valence-corrected chi connectivity index (χ1v) is 7.22. The van der Waals surface area contributed by atoms with Gasteiger partial charge < -0.3 is 10.6 Å². The Labute approximate surface area is 116 Å². The lowest BCUT2D eigenvalue weighted by Crippen LogP contribution is -2.44. The molecule has 0 saturated carbocycles. The number of carbonyl (C=O) groups excluding carboxylic acids is 1. The molecule has 2 N–H and O–H groups in total. The molecule has 0 aromatic heterocycles. The van der Waals surface area contributed by atoms with Crippen LogP contribution in [0.2, 0.25) is 0 Å². The molecule has 1 unspecified atom stereocenters. The van der Waals surface area contributed by atoms with Gasteiger partial charge >= 0.3 is 0 Å². The molecule has 0 heterocycles. The molecular formula is C16H26N2O. The van der Waals surface area contributed by atoms with Gasteiger partial charge in [0, 0.05) is 6.54 Å². The molecule has 106 valence electrons. The highest BCUT2D eigenvalue weighted by molar-refractivity contribution is 5.81. The number of amides is 1. The average Bonchev–Trinajstić information content (AvgIpc) is 2.43. The third-order valence-corrected chi connectivity index (χ3v) is 3.37. The Morgan fingerprint density at radius 1 is 1.26 bits per heavy atom. The van der Waals surface area contributed by atoms with Crippen molar-refractivity contribution >= 4 is 5.91 Å². The predicted molar refractivity (Wildman–Crippen MR) is 79.7 cm³/mol. The topological polar surface area (TPSA) is 46.3 Å². The Morgan fingerprint density at radius 2 is 1.89 bits per heavy atom. The second-order valence-corrected chi connectivity index (χ2v) is 5.01. The summed E-state index contributed by atoms with van der Waals surface area (Å²) >= 11 is 0. The second-order valence-electron chi connectivity index (χ2n) is 5.01. The Hall–Kier alpha value is -1.35. The number of nitrogens with two attached hydrogens (primary N) is 1. The van der Waals surface area contributed by atoms with Gasteiger partial charge in [-0.1, -0.05) is 50.6 Å². The van der Waals surface area contributed by atoms with Crippen LogP contribution in [0.4, 0.5) is 0 Å². The standard InChI is InChI=1S/C16H26N2O/c1-4-6-12-18(16(19)13(3)17)15(5-2)14-10-8-7-9-11-14/h7-11,13,15H,4-6,12,17H2,1-3H3/t13-,15?/m0/s1. The molecule has 0 saturated heterocycles. The first-order chi connectivity index (χ1) is 9.11. The smallest absolute Gasteiger partial charge is 0.239 e. The Kier molecular flexibility index (Phi) is 6.57. The molecule has 1 aromatic rings. The largest absolute Gasteiger partial charge is 0.334 e. The van der Waals surface area contributed by atoms with Crippen LogP contribution in [0.25, 0.3) is 0 Å². The van der Waals surface area contributed by atoms with E-state index in [1.54, 1.807) is 6.92 Å². The Balaban J connectivity index is 2.96. The van der Waals surface area contributed by atoms with Crippen LogP contribution >= 0.6 is 0 Å². The fourth-order valence-electron chi connectivity index (χ4n) is 2.32. The number of nitrogens with zero attached hydrogens (tertiary/aromatic N) is 1. The molecule has 1 amide bonds. The second kappa shape index (κ2) is 7.95. The van der Waals surface area contributed by atoms with Crippen LogP contribution in [0, 0.1) is 0 Å². The van der Waals surface area contributed by atoms with Gasteiger partial charge in [-0.25, -0.2) is 0 Å². The van der Waals surface area contributed by atoms with E-state index in [4.69, 9.17) is 5.73 Å². The molecule has 0 spiro atoms. The minimum Gasteiger partial charge on any atom is -0.334 e. The van der Waals surface area contributed by atoms with E-state index >= 15 is 0 Å². The van der Waals surface area contributed by atoms with Crippen LogP contribution in [0.3, 0.4) is 0 Å². The summed E-state index contributed by atoms with van der Waals surface area (Å²) in [6.07, 6.45) is 3.00. The van der Waals surface area contributed by atoms with Gasteiger partial charge in [0.15, 0.2) is 0 Å². The molecular weight excluding hydrogens is 236 g/mol. The summed E-state index contributed by atoms with van der Waals surface area (Å²) in [6, 6.07) is 9.91. The van der Waals surface area contributed by atoms with E-state index < -0.39 is 6.04 Å². The van der Waals surface area contributed by atoms with Gasteiger partial charge in [-0.15, -0.1) is 0 Å². The van der Waals surface area contributed by atoms with E-state index in [-0.39, 0.29) is 11.9 Å². The lowest BCUT2D eigenvalue weighted by atomic mass is 10.0. The maximum absolute atomic E-state index is 12.3. The highest BCUT2D eigenvalue weighted by Gasteiger charge is 2.25. The SMILES string of the molecule is CCCCN(C(=O)[C@H](C)N)C(CC)c1ccccc1. The zero-order valence-electron chi connectivity index (χ0n) is 12.3. The number of rotatable bonds is 7. The molecule has 3 heteroatoms. The summed E-state index contributed by atoms with van der Waals surface area (Å²) < 4.78 is 0. The first-order valence-electron chi connectivity index (χ1n) is 7.22. The van der Waals surface area contributed by atoms with Crippen LogP contribution in [-0.4, -0.2) is 23.4 Å². The summed E-state index contributed by atoms with van der Waals surface area (Å²) in [5.41, 5.74) is 6.98. The lowest BCUT2D eigenvalue weighted by Gasteiger charge is -2.33. The van der Waals surface area contributed by atoms with Crippen LogP contribution < -0.4 is 5.73 Å². The van der Waals surface area contributed by atoms with Gasteiger partial charge in [0.25, 0.3) is 0 Å². The van der Waals surface area contributed by atoms with E-state index in [1.807, 2.05) is 23.1 Å². The molecule has 0 aliphatic carbocycles. The zero-order valence-corrected chi connectivity index (χ0v) is 12.3. The van der Waals surface area contributed by atoms with Crippen LogP contribution in [0.5, 0.6) is 0 Å². The van der Waals surface area contributed by atoms with Crippen molar-refractivity contribution in [2.75, 3.05) is 6.54 Å². The van der Waals surface area contributed by atoms with E-state index in [9.17, 15) is 4.79 Å². The van der Waals surface area contributed by atoms with Crippen molar-refractivity contribution in [2.45, 2.75) is 52.1 Å². The minimum absolute atomic E-state index is 0.0455. The van der Waals surface area contributed by atoms with Gasteiger partial charge in [0.2, 0.25) is 5.91 Å². The number of hydrogen-bond donors (Lipinski definition) is 1. The zero-order chi connectivity index (χ0) is 14.3. The van der Waals surface area contributed by atoms with Crippen molar-refractivity contribution in [3.8, 4) is 0 Å². The fraction of sp³-hybridized carbons (Fsp3) is 0.562. The van der Waals surface area contributed by atoms with E-state index in [0.29, 0.717) is 0 Å². The summed E-state index contributed by atoms with van der Waals surface area (Å²) in [4.78, 5) is 14.3. The summed E-state index contributed by atoms with van der Waals surface area (Å²) in [6.45, 7) is 6.80. The van der Waals surface area contributed by atoms with Crippen molar-refractivity contribution in [3.05, 3.63) is 35.9 Å². The van der Waals surface area contributed by atoms with Gasteiger partial charge in [0.05, 0.1) is 12.1 Å². The van der Waals surface area contributed by atoms with Gasteiger partial charge in [0.1, 0.15) is 0 Å². The quantitative estimate of drug-likeness (QED) is 0.820. The number of carbonyl (C=O) groups is 1. The highest BCUT2D eigenvalue weighted by atomic mass is 16.2. The van der Waals surface area contributed by atoms with Crippen molar-refractivity contribution in [1.82, 2.24) is 4.90 Å². The predicted octanol–water partition coefficient (Wildman–Crippen LogP) is 3.11. The molecule has 0 fully saturated rings. The van der Waals surface area contributed by atoms with Crippen molar-refractivity contribution < 1.29 is 4.79 Å². The van der Waals surface area contributed by atoms with E-state index in [0.717, 1.165) is 25.8 Å². The van der Waals surface area contributed by atoms with E-state index in [2.05, 4.69) is 26.0 Å². The molecule has 3 nitrogen and oxygen atoms in total. The average molecular weight is 262 g/mol. The highest BCUT2D eigenvalue weighted by Crippen LogP contribution is 2.25. The summed E-state index contributed by atoms with van der Waals surface area (Å²) in [5, 5.41) is 0. The molecule has 19 heavy (non-hydrogen) atoms. The van der Waals surface area contributed by atoms with Crippen LogP contribution in [-0.2, 0) is 4.79 Å². The molecule has 1 rings (SSSR count). The molecule has 0 bridgehead atoms. The van der Waals surface area contributed by atoms with Gasteiger partial charge in [-0.2, -0.15) is 0 Å². The molecule has 0 radical (unpaired) electrons. The maximum atomic E-state index is 12.3. The van der Waals surface area contributed by atoms with Crippen LogP contribution in [0.1, 0.15) is 51.6 Å². The van der Waals surface area contributed by atoms with Crippen LogP contribution in [0.15, 0.2) is 30.3 Å². The van der Waals surface area contributed by atoms with Crippen molar-refractivity contribution in [1.29, 1.82) is 0 Å². The third kappa shape index (κ3) is 4.35. The monoisotopic (exact) mass is 262 g/mol. The Morgan fingerprint density at radius 3 is 2.37 bits per heavy atom. The third-order valence-electron chi connectivity index (χ3n) is 3.37. The molecule has 0 aliphatic rings. The first kappa shape index (κ1) is 15.7. The number of hydrogen-bond acceptors (Lipinski definition) is 2. The molecule has 1 aromatic carbocycles. The van der Waals surface area contributed by atoms with Crippen molar-refractivity contribution in [2.24, 2.45) is 5.73 Å². The lowest BCUT2D eigenvalue weighted by molar-refractivity contribution is -0.135. The molecule has 0 aliphatic heterocycles. The normalized spacial score (nSPS) is 13.9. The van der Waals surface area contributed by atoms with Crippen molar-refractivity contribution in [3.63, 3.8) is 0 Å². The fourth-order valence-corrected chi connectivity index (χ4v) is 2.32. The van der Waals surface area contributed by atoms with Gasteiger partial charge in [-0.05, 0) is 25.3 Å². The van der Waals surface area contributed by atoms with Gasteiger partial charge in [-0.3, -0.25) is 4.79 Å². The minimum atomic E-state index is -0.436. The number of benzene rings is 1. The Bertz CT molecular complexity index is 376. The maximum Gasteiger partial charge on any atom is 0.239 e. The summed E-state index contributed by atoms with van der Waals surface area (Å²) in [5.74, 6) is 0.0455.